The number of carbonyl (C=O) groups excluding carboxylic acids is 2. The van der Waals surface area contributed by atoms with Crippen molar-refractivity contribution in [3.8, 4) is 11.5 Å². The SMILES string of the molecule is CCOc1ccc(OCC(=O)NC2CCN(C(=O)c3ccoc3)CC2)cc1. The second kappa shape index (κ2) is 9.12. The van der Waals surface area contributed by atoms with E-state index in [0.717, 1.165) is 18.6 Å². The Balaban J connectivity index is 1.38. The van der Waals surface area contributed by atoms with E-state index in [0.29, 0.717) is 31.0 Å². The molecule has 7 heteroatoms. The van der Waals surface area contributed by atoms with Gasteiger partial charge in [0.25, 0.3) is 11.8 Å². The van der Waals surface area contributed by atoms with E-state index in [1.54, 1.807) is 23.1 Å². The molecule has 1 fully saturated rings. The molecule has 3 rings (SSSR count). The van der Waals surface area contributed by atoms with E-state index in [4.69, 9.17) is 13.9 Å². The summed E-state index contributed by atoms with van der Waals surface area (Å²) in [5.74, 6) is 1.19. The standard InChI is InChI=1S/C20H24N2O5/c1-2-26-17-3-5-18(6-4-17)27-14-19(23)21-16-7-10-22(11-8-16)20(24)15-9-12-25-13-15/h3-6,9,12-13,16H,2,7-8,10-11,14H2,1H3,(H,21,23). The van der Waals surface area contributed by atoms with Gasteiger partial charge in [-0.25, -0.2) is 0 Å². The van der Waals surface area contributed by atoms with Crippen LogP contribution in [0, 0.1) is 0 Å². The molecular formula is C20H24N2O5. The van der Waals surface area contributed by atoms with E-state index in [1.165, 1.54) is 12.5 Å². The second-order valence-electron chi connectivity index (χ2n) is 6.34. The lowest BCUT2D eigenvalue weighted by molar-refractivity contribution is -0.124. The van der Waals surface area contributed by atoms with Gasteiger partial charge in [0.1, 0.15) is 17.8 Å². The van der Waals surface area contributed by atoms with Crippen LogP contribution in [0.5, 0.6) is 11.5 Å². The van der Waals surface area contributed by atoms with Crippen LogP contribution in [0.15, 0.2) is 47.3 Å². The number of ether oxygens (including phenoxy) is 2. The van der Waals surface area contributed by atoms with Crippen molar-refractivity contribution in [2.75, 3.05) is 26.3 Å². The molecule has 2 heterocycles. The van der Waals surface area contributed by atoms with E-state index < -0.39 is 0 Å². The van der Waals surface area contributed by atoms with Gasteiger partial charge in [-0.15, -0.1) is 0 Å². The Bertz CT molecular complexity index is 734. The Morgan fingerprint density at radius 2 is 1.78 bits per heavy atom. The fraction of sp³-hybridized carbons (Fsp3) is 0.400. The summed E-state index contributed by atoms with van der Waals surface area (Å²) in [6.45, 7) is 3.70. The number of nitrogens with one attached hydrogen (secondary N) is 1. The molecule has 1 aliphatic rings. The van der Waals surface area contributed by atoms with Crippen molar-refractivity contribution >= 4 is 11.8 Å². The van der Waals surface area contributed by atoms with Gasteiger partial charge in [-0.2, -0.15) is 0 Å². The third-order valence-corrected chi connectivity index (χ3v) is 4.42. The molecule has 2 aromatic rings. The molecule has 2 amide bonds. The van der Waals surface area contributed by atoms with Gasteiger partial charge in [0.05, 0.1) is 18.4 Å². The summed E-state index contributed by atoms with van der Waals surface area (Å²) >= 11 is 0. The number of furan rings is 1. The van der Waals surface area contributed by atoms with Crippen LogP contribution in [0.4, 0.5) is 0 Å². The number of piperidine rings is 1. The van der Waals surface area contributed by atoms with E-state index in [1.807, 2.05) is 19.1 Å². The number of hydrogen-bond acceptors (Lipinski definition) is 5. The van der Waals surface area contributed by atoms with Crippen molar-refractivity contribution in [2.45, 2.75) is 25.8 Å². The van der Waals surface area contributed by atoms with Gasteiger partial charge in [-0.3, -0.25) is 9.59 Å². The zero-order valence-corrected chi connectivity index (χ0v) is 15.3. The van der Waals surface area contributed by atoms with E-state index >= 15 is 0 Å². The van der Waals surface area contributed by atoms with Crippen molar-refractivity contribution in [3.05, 3.63) is 48.4 Å². The number of rotatable bonds is 7. The Morgan fingerprint density at radius 1 is 1.11 bits per heavy atom. The quantitative estimate of drug-likeness (QED) is 0.808. The minimum Gasteiger partial charge on any atom is -0.494 e. The first-order valence-electron chi connectivity index (χ1n) is 9.12. The maximum absolute atomic E-state index is 12.3. The first kappa shape index (κ1) is 18.8. The summed E-state index contributed by atoms with van der Waals surface area (Å²) in [6, 6.07) is 8.88. The van der Waals surface area contributed by atoms with Crippen molar-refractivity contribution < 1.29 is 23.5 Å². The van der Waals surface area contributed by atoms with Crippen molar-refractivity contribution in [1.82, 2.24) is 10.2 Å². The zero-order chi connectivity index (χ0) is 19.1. The largest absolute Gasteiger partial charge is 0.494 e. The maximum atomic E-state index is 12.3. The summed E-state index contributed by atoms with van der Waals surface area (Å²) in [6.07, 6.45) is 4.38. The highest BCUT2D eigenvalue weighted by Crippen LogP contribution is 2.18. The van der Waals surface area contributed by atoms with Crippen LogP contribution in [0.25, 0.3) is 0 Å². The lowest BCUT2D eigenvalue weighted by atomic mass is 10.0. The monoisotopic (exact) mass is 372 g/mol. The lowest BCUT2D eigenvalue weighted by Crippen LogP contribution is -2.47. The van der Waals surface area contributed by atoms with Gasteiger partial charge in [0, 0.05) is 19.1 Å². The molecule has 27 heavy (non-hydrogen) atoms. The Labute approximate surface area is 158 Å². The van der Waals surface area contributed by atoms with Crippen LogP contribution >= 0.6 is 0 Å². The molecule has 0 radical (unpaired) electrons. The molecule has 1 aromatic carbocycles. The molecular weight excluding hydrogens is 348 g/mol. The highest BCUT2D eigenvalue weighted by Gasteiger charge is 2.25. The van der Waals surface area contributed by atoms with E-state index in [2.05, 4.69) is 5.32 Å². The molecule has 1 aromatic heterocycles. The molecule has 1 N–H and O–H groups in total. The predicted molar refractivity (Wildman–Crippen MR) is 98.9 cm³/mol. The number of benzene rings is 1. The van der Waals surface area contributed by atoms with Gasteiger partial charge < -0.3 is 24.1 Å². The number of likely N-dealkylation sites (tertiary alicyclic amines) is 1. The highest BCUT2D eigenvalue weighted by atomic mass is 16.5. The average molecular weight is 372 g/mol. The molecule has 144 valence electrons. The Hall–Kier alpha value is -2.96. The number of amides is 2. The van der Waals surface area contributed by atoms with Gasteiger partial charge in [-0.05, 0) is 50.1 Å². The molecule has 0 saturated carbocycles. The Morgan fingerprint density at radius 3 is 2.37 bits per heavy atom. The topological polar surface area (TPSA) is 81.0 Å². The molecule has 0 aliphatic carbocycles. The summed E-state index contributed by atoms with van der Waals surface area (Å²) < 4.78 is 15.8. The smallest absolute Gasteiger partial charge is 0.258 e. The zero-order valence-electron chi connectivity index (χ0n) is 15.3. The fourth-order valence-corrected chi connectivity index (χ4v) is 3.01. The van der Waals surface area contributed by atoms with Crippen molar-refractivity contribution in [1.29, 1.82) is 0 Å². The number of nitrogens with zero attached hydrogens (tertiary/aromatic N) is 1. The average Bonchev–Trinajstić information content (AvgIpc) is 3.23. The first-order chi connectivity index (χ1) is 13.2. The minimum atomic E-state index is -0.163. The van der Waals surface area contributed by atoms with Crippen LogP contribution in [0.3, 0.4) is 0 Å². The van der Waals surface area contributed by atoms with Crippen LogP contribution in [0.2, 0.25) is 0 Å². The van der Waals surface area contributed by atoms with Crippen molar-refractivity contribution in [2.24, 2.45) is 0 Å². The highest BCUT2D eigenvalue weighted by molar-refractivity contribution is 5.93. The third-order valence-electron chi connectivity index (χ3n) is 4.42. The Kier molecular flexibility index (Phi) is 6.35. The van der Waals surface area contributed by atoms with Gasteiger partial charge in [0.2, 0.25) is 0 Å². The molecule has 0 atom stereocenters. The molecule has 0 unspecified atom stereocenters. The van der Waals surface area contributed by atoms with Gasteiger partial charge in [0.15, 0.2) is 6.61 Å². The lowest BCUT2D eigenvalue weighted by Gasteiger charge is -2.32. The number of carbonyl (C=O) groups is 2. The van der Waals surface area contributed by atoms with Crippen LogP contribution in [-0.4, -0.2) is 49.1 Å². The van der Waals surface area contributed by atoms with Gasteiger partial charge >= 0.3 is 0 Å². The molecule has 0 bridgehead atoms. The molecule has 1 aliphatic heterocycles. The number of hydrogen-bond donors (Lipinski definition) is 1. The summed E-state index contributed by atoms with van der Waals surface area (Å²) in [5.41, 5.74) is 0.557. The second-order valence-corrected chi connectivity index (χ2v) is 6.34. The van der Waals surface area contributed by atoms with Crippen LogP contribution in [0.1, 0.15) is 30.1 Å². The summed E-state index contributed by atoms with van der Waals surface area (Å²) in [4.78, 5) is 26.1. The fourth-order valence-electron chi connectivity index (χ4n) is 3.01. The minimum absolute atomic E-state index is 0.0349. The molecule has 7 nitrogen and oxygen atoms in total. The van der Waals surface area contributed by atoms with Gasteiger partial charge in [-0.1, -0.05) is 0 Å². The molecule has 1 saturated heterocycles. The van der Waals surface area contributed by atoms with E-state index in [-0.39, 0.29) is 24.5 Å². The van der Waals surface area contributed by atoms with Crippen LogP contribution < -0.4 is 14.8 Å². The maximum Gasteiger partial charge on any atom is 0.258 e. The van der Waals surface area contributed by atoms with Crippen molar-refractivity contribution in [3.63, 3.8) is 0 Å². The van der Waals surface area contributed by atoms with Crippen LogP contribution in [-0.2, 0) is 4.79 Å². The predicted octanol–water partition coefficient (Wildman–Crippen LogP) is 2.48. The van der Waals surface area contributed by atoms with E-state index in [9.17, 15) is 9.59 Å². The summed E-state index contributed by atoms with van der Waals surface area (Å²) in [5, 5.41) is 2.97. The first-order valence-corrected chi connectivity index (χ1v) is 9.12. The third kappa shape index (κ3) is 5.26. The molecule has 0 spiro atoms. The normalized spacial score (nSPS) is 14.6. The summed E-state index contributed by atoms with van der Waals surface area (Å²) in [7, 11) is 0.